The highest BCUT2D eigenvalue weighted by atomic mass is 79.9. The Morgan fingerprint density at radius 2 is 1.95 bits per heavy atom. The molecule has 0 aliphatic rings. The van der Waals surface area contributed by atoms with E-state index >= 15 is 0 Å². The van der Waals surface area contributed by atoms with Crippen molar-refractivity contribution in [3.05, 3.63) is 74.9 Å². The first-order valence-electron chi connectivity index (χ1n) is 6.34. The zero-order chi connectivity index (χ0) is 14.8. The molecule has 3 aromatic rings. The van der Waals surface area contributed by atoms with Crippen LogP contribution in [-0.2, 0) is 6.54 Å². The van der Waals surface area contributed by atoms with Crippen molar-refractivity contribution in [2.45, 2.75) is 6.54 Å². The lowest BCUT2D eigenvalue weighted by Crippen LogP contribution is -2.01. The minimum Gasteiger partial charge on any atom is -0.327 e. The third-order valence-corrected chi connectivity index (χ3v) is 4.17. The van der Waals surface area contributed by atoms with E-state index in [9.17, 15) is 0 Å². The SMILES string of the molecule is Clc1ccc(-c2nccn2Cc2cccc(Br)c2)c(Cl)c1. The standard InChI is InChI=1S/C16H11BrCl2N2/c17-12-3-1-2-11(8-12)10-21-7-6-20-16(21)14-5-4-13(18)9-15(14)19/h1-9H,10H2. The van der Waals surface area contributed by atoms with Crippen LogP contribution < -0.4 is 0 Å². The van der Waals surface area contributed by atoms with Crippen molar-refractivity contribution >= 4 is 39.1 Å². The molecule has 0 saturated carbocycles. The van der Waals surface area contributed by atoms with Crippen molar-refractivity contribution in [1.82, 2.24) is 9.55 Å². The van der Waals surface area contributed by atoms with Crippen molar-refractivity contribution in [1.29, 1.82) is 0 Å². The van der Waals surface area contributed by atoms with Crippen molar-refractivity contribution < 1.29 is 0 Å². The van der Waals surface area contributed by atoms with E-state index in [0.717, 1.165) is 22.4 Å². The second-order valence-electron chi connectivity index (χ2n) is 4.63. The Kier molecular flexibility index (Phi) is 4.34. The van der Waals surface area contributed by atoms with E-state index < -0.39 is 0 Å². The summed E-state index contributed by atoms with van der Waals surface area (Å²) in [5, 5.41) is 1.22. The third kappa shape index (κ3) is 3.31. The van der Waals surface area contributed by atoms with Gasteiger partial charge in [0.05, 0.1) is 5.02 Å². The maximum absolute atomic E-state index is 6.28. The monoisotopic (exact) mass is 380 g/mol. The summed E-state index contributed by atoms with van der Waals surface area (Å²) in [6.07, 6.45) is 3.72. The van der Waals surface area contributed by atoms with Gasteiger partial charge >= 0.3 is 0 Å². The van der Waals surface area contributed by atoms with Crippen LogP contribution in [0.15, 0.2) is 59.3 Å². The zero-order valence-electron chi connectivity index (χ0n) is 10.9. The van der Waals surface area contributed by atoms with Gasteiger partial charge in [0.1, 0.15) is 5.82 Å². The highest BCUT2D eigenvalue weighted by Crippen LogP contribution is 2.29. The molecular formula is C16H11BrCl2N2. The predicted octanol–water partition coefficient (Wildman–Crippen LogP) is 5.67. The van der Waals surface area contributed by atoms with Crippen LogP contribution in [0.2, 0.25) is 10.0 Å². The molecule has 0 saturated heterocycles. The van der Waals surface area contributed by atoms with Crippen LogP contribution in [0.3, 0.4) is 0 Å². The molecule has 0 aliphatic carbocycles. The van der Waals surface area contributed by atoms with Crippen LogP contribution in [0.4, 0.5) is 0 Å². The van der Waals surface area contributed by atoms with Gasteiger partial charge < -0.3 is 4.57 Å². The van der Waals surface area contributed by atoms with Crippen molar-refractivity contribution in [2.75, 3.05) is 0 Å². The van der Waals surface area contributed by atoms with Gasteiger partial charge in [-0.05, 0) is 35.9 Å². The molecule has 0 atom stereocenters. The molecule has 1 aromatic heterocycles. The lowest BCUT2D eigenvalue weighted by Gasteiger charge is -2.10. The van der Waals surface area contributed by atoms with E-state index in [0.29, 0.717) is 10.0 Å². The normalized spacial score (nSPS) is 10.8. The molecule has 2 aromatic carbocycles. The lowest BCUT2D eigenvalue weighted by molar-refractivity contribution is 0.806. The van der Waals surface area contributed by atoms with E-state index in [1.54, 1.807) is 12.3 Å². The van der Waals surface area contributed by atoms with E-state index in [4.69, 9.17) is 23.2 Å². The highest BCUT2D eigenvalue weighted by molar-refractivity contribution is 9.10. The number of aromatic nitrogens is 2. The first-order valence-corrected chi connectivity index (χ1v) is 7.89. The summed E-state index contributed by atoms with van der Waals surface area (Å²) in [5.74, 6) is 0.830. The van der Waals surface area contributed by atoms with Gasteiger partial charge in [0.25, 0.3) is 0 Å². The number of hydrogen-bond acceptors (Lipinski definition) is 1. The number of hydrogen-bond donors (Lipinski definition) is 0. The van der Waals surface area contributed by atoms with Gasteiger partial charge in [-0.2, -0.15) is 0 Å². The summed E-state index contributed by atoms with van der Waals surface area (Å²) in [6.45, 7) is 0.730. The Morgan fingerprint density at radius 3 is 2.71 bits per heavy atom. The molecule has 2 nitrogen and oxygen atoms in total. The van der Waals surface area contributed by atoms with E-state index in [1.807, 2.05) is 30.5 Å². The summed E-state index contributed by atoms with van der Waals surface area (Å²) in [6, 6.07) is 13.6. The van der Waals surface area contributed by atoms with Crippen LogP contribution in [-0.4, -0.2) is 9.55 Å². The smallest absolute Gasteiger partial charge is 0.141 e. The van der Waals surface area contributed by atoms with Gasteiger partial charge in [-0.25, -0.2) is 4.98 Å². The second-order valence-corrected chi connectivity index (χ2v) is 6.39. The van der Waals surface area contributed by atoms with Gasteiger partial charge in [0.15, 0.2) is 0 Å². The van der Waals surface area contributed by atoms with Crippen LogP contribution in [0.1, 0.15) is 5.56 Å². The molecule has 0 unspecified atom stereocenters. The Labute approximate surface area is 141 Å². The fourth-order valence-corrected chi connectivity index (χ4v) is 3.12. The first kappa shape index (κ1) is 14.6. The molecule has 0 radical (unpaired) electrons. The first-order chi connectivity index (χ1) is 10.1. The van der Waals surface area contributed by atoms with Crippen LogP contribution in [0, 0.1) is 0 Å². The summed E-state index contributed by atoms with van der Waals surface area (Å²) < 4.78 is 3.13. The maximum atomic E-state index is 6.28. The summed E-state index contributed by atoms with van der Waals surface area (Å²) >= 11 is 15.7. The average molecular weight is 382 g/mol. The molecule has 0 bridgehead atoms. The molecule has 0 spiro atoms. The Hall–Kier alpha value is -1.29. The molecular weight excluding hydrogens is 371 g/mol. The maximum Gasteiger partial charge on any atom is 0.141 e. The summed E-state index contributed by atoms with van der Waals surface area (Å²) in [5.41, 5.74) is 2.06. The minimum absolute atomic E-state index is 0.601. The zero-order valence-corrected chi connectivity index (χ0v) is 14.0. The van der Waals surface area contributed by atoms with Crippen molar-refractivity contribution in [3.8, 4) is 11.4 Å². The Balaban J connectivity index is 1.97. The number of nitrogens with zero attached hydrogens (tertiary/aromatic N) is 2. The van der Waals surface area contributed by atoms with Gasteiger partial charge in [-0.3, -0.25) is 0 Å². The quantitative estimate of drug-likeness (QED) is 0.571. The summed E-state index contributed by atoms with van der Waals surface area (Å²) in [7, 11) is 0. The molecule has 106 valence electrons. The topological polar surface area (TPSA) is 17.8 Å². The molecule has 5 heteroatoms. The van der Waals surface area contributed by atoms with Gasteiger partial charge in [0.2, 0.25) is 0 Å². The van der Waals surface area contributed by atoms with E-state index in [-0.39, 0.29) is 0 Å². The molecule has 3 rings (SSSR count). The molecule has 0 N–H and O–H groups in total. The van der Waals surface area contributed by atoms with E-state index in [1.165, 1.54) is 5.56 Å². The fourth-order valence-electron chi connectivity index (χ4n) is 2.18. The Bertz CT molecular complexity index is 783. The van der Waals surface area contributed by atoms with Crippen LogP contribution in [0.5, 0.6) is 0 Å². The van der Waals surface area contributed by atoms with Gasteiger partial charge in [-0.1, -0.05) is 51.3 Å². The van der Waals surface area contributed by atoms with Gasteiger partial charge in [-0.15, -0.1) is 0 Å². The third-order valence-electron chi connectivity index (χ3n) is 3.13. The van der Waals surface area contributed by atoms with Crippen molar-refractivity contribution in [3.63, 3.8) is 0 Å². The molecule has 21 heavy (non-hydrogen) atoms. The molecule has 0 fully saturated rings. The second kappa shape index (κ2) is 6.22. The predicted molar refractivity (Wildman–Crippen MR) is 90.9 cm³/mol. The highest BCUT2D eigenvalue weighted by Gasteiger charge is 2.10. The van der Waals surface area contributed by atoms with E-state index in [2.05, 4.69) is 37.6 Å². The van der Waals surface area contributed by atoms with Crippen LogP contribution >= 0.6 is 39.1 Å². The van der Waals surface area contributed by atoms with Crippen LogP contribution in [0.25, 0.3) is 11.4 Å². The number of imidazole rings is 1. The largest absolute Gasteiger partial charge is 0.327 e. The molecule has 0 aliphatic heterocycles. The fraction of sp³-hybridized carbons (Fsp3) is 0.0625. The number of halogens is 3. The van der Waals surface area contributed by atoms with Gasteiger partial charge in [0, 0.05) is 34.0 Å². The molecule has 1 heterocycles. The minimum atomic E-state index is 0.601. The summed E-state index contributed by atoms with van der Waals surface area (Å²) in [4.78, 5) is 4.42. The molecule has 0 amide bonds. The number of benzene rings is 2. The lowest BCUT2D eigenvalue weighted by atomic mass is 10.2. The average Bonchev–Trinajstić information content (AvgIpc) is 2.87. The Morgan fingerprint density at radius 1 is 1.10 bits per heavy atom. The number of rotatable bonds is 3. The van der Waals surface area contributed by atoms with Crippen molar-refractivity contribution in [2.24, 2.45) is 0 Å².